The van der Waals surface area contributed by atoms with E-state index in [2.05, 4.69) is 5.16 Å². The second kappa shape index (κ2) is 5.87. The molecule has 0 radical (unpaired) electrons. The van der Waals surface area contributed by atoms with Crippen LogP contribution >= 0.6 is 0 Å². The van der Waals surface area contributed by atoms with Crippen molar-refractivity contribution in [3.8, 4) is 0 Å². The Hall–Kier alpha value is -1.85. The summed E-state index contributed by atoms with van der Waals surface area (Å²) in [6, 6.07) is 1.76. The summed E-state index contributed by atoms with van der Waals surface area (Å²) in [4.78, 5) is 25.8. The van der Waals surface area contributed by atoms with Crippen LogP contribution in [-0.4, -0.2) is 41.6 Å². The monoisotopic (exact) mass is 292 g/mol. The molecule has 2 fully saturated rings. The van der Waals surface area contributed by atoms with Crippen LogP contribution < -0.4 is 0 Å². The topological polar surface area (TPSA) is 72.6 Å². The SMILES string of the molecule is CCOC(=O)C1CCN(C(=O)c2cc(C3CC3)on2)CC1. The minimum atomic E-state index is -0.151. The lowest BCUT2D eigenvalue weighted by Crippen LogP contribution is -2.40. The van der Waals surface area contributed by atoms with Crippen LogP contribution in [0.5, 0.6) is 0 Å². The van der Waals surface area contributed by atoms with Crippen molar-refractivity contribution in [1.82, 2.24) is 10.1 Å². The molecule has 2 aliphatic rings. The Bertz CT molecular complexity index is 528. The molecule has 0 bridgehead atoms. The molecule has 0 unspecified atom stereocenters. The van der Waals surface area contributed by atoms with Crippen LogP contribution in [0.2, 0.25) is 0 Å². The molecule has 1 aromatic heterocycles. The van der Waals surface area contributed by atoms with Crippen molar-refractivity contribution in [3.63, 3.8) is 0 Å². The van der Waals surface area contributed by atoms with E-state index in [1.165, 1.54) is 0 Å². The summed E-state index contributed by atoms with van der Waals surface area (Å²) >= 11 is 0. The smallest absolute Gasteiger partial charge is 0.309 e. The predicted octanol–water partition coefficient (Wildman–Crippen LogP) is 1.97. The first-order chi connectivity index (χ1) is 10.2. The highest BCUT2D eigenvalue weighted by molar-refractivity contribution is 5.92. The van der Waals surface area contributed by atoms with E-state index in [0.717, 1.165) is 18.6 Å². The second-order valence-electron chi connectivity index (χ2n) is 5.71. The summed E-state index contributed by atoms with van der Waals surface area (Å²) in [6.07, 6.45) is 3.54. The maximum atomic E-state index is 12.3. The van der Waals surface area contributed by atoms with Crippen molar-refractivity contribution in [2.75, 3.05) is 19.7 Å². The molecule has 1 saturated heterocycles. The molecule has 1 amide bonds. The van der Waals surface area contributed by atoms with Gasteiger partial charge in [0.1, 0.15) is 5.76 Å². The molecule has 114 valence electrons. The number of hydrogen-bond acceptors (Lipinski definition) is 5. The molecule has 0 N–H and O–H groups in total. The van der Waals surface area contributed by atoms with E-state index >= 15 is 0 Å². The number of carbonyl (C=O) groups is 2. The maximum Gasteiger partial charge on any atom is 0.309 e. The first-order valence-corrected chi connectivity index (χ1v) is 7.61. The number of piperidine rings is 1. The van der Waals surface area contributed by atoms with Crippen molar-refractivity contribution < 1.29 is 18.8 Å². The molecule has 3 rings (SSSR count). The number of aromatic nitrogens is 1. The zero-order valence-corrected chi connectivity index (χ0v) is 12.2. The van der Waals surface area contributed by atoms with Gasteiger partial charge >= 0.3 is 5.97 Å². The first kappa shape index (κ1) is 14.1. The number of hydrogen-bond donors (Lipinski definition) is 0. The first-order valence-electron chi connectivity index (χ1n) is 7.61. The van der Waals surface area contributed by atoms with Gasteiger partial charge in [0.25, 0.3) is 5.91 Å². The number of amides is 1. The second-order valence-corrected chi connectivity index (χ2v) is 5.71. The molecule has 1 saturated carbocycles. The molecule has 0 aromatic carbocycles. The van der Waals surface area contributed by atoms with Gasteiger partial charge < -0.3 is 14.2 Å². The standard InChI is InChI=1S/C15H20N2O4/c1-2-20-15(19)11-5-7-17(8-6-11)14(18)12-9-13(21-16-12)10-3-4-10/h9-11H,2-8H2,1H3. The van der Waals surface area contributed by atoms with Crippen LogP contribution in [0.4, 0.5) is 0 Å². The summed E-state index contributed by atoms with van der Waals surface area (Å²) in [5, 5.41) is 3.88. The normalized spacial score (nSPS) is 19.6. The van der Waals surface area contributed by atoms with E-state index in [-0.39, 0.29) is 17.8 Å². The number of rotatable bonds is 4. The predicted molar refractivity (Wildman–Crippen MR) is 73.7 cm³/mol. The summed E-state index contributed by atoms with van der Waals surface area (Å²) in [6.45, 7) is 3.33. The lowest BCUT2D eigenvalue weighted by molar-refractivity contribution is -0.149. The van der Waals surface area contributed by atoms with Crippen LogP contribution in [0.15, 0.2) is 10.6 Å². The van der Waals surface area contributed by atoms with Crippen LogP contribution in [0.3, 0.4) is 0 Å². The quantitative estimate of drug-likeness (QED) is 0.793. The summed E-state index contributed by atoms with van der Waals surface area (Å²) in [7, 11) is 0. The fourth-order valence-electron chi connectivity index (χ4n) is 2.69. The molecule has 0 atom stereocenters. The fraction of sp³-hybridized carbons (Fsp3) is 0.667. The lowest BCUT2D eigenvalue weighted by Gasteiger charge is -2.30. The third kappa shape index (κ3) is 3.09. The maximum absolute atomic E-state index is 12.3. The van der Waals surface area contributed by atoms with E-state index in [4.69, 9.17) is 9.26 Å². The molecule has 21 heavy (non-hydrogen) atoms. The number of nitrogens with zero attached hydrogens (tertiary/aromatic N) is 2. The number of likely N-dealkylation sites (tertiary alicyclic amines) is 1. The Morgan fingerprint density at radius 3 is 2.67 bits per heavy atom. The summed E-state index contributed by atoms with van der Waals surface area (Å²) in [5.41, 5.74) is 0.381. The highest BCUT2D eigenvalue weighted by atomic mass is 16.5. The zero-order chi connectivity index (χ0) is 14.8. The van der Waals surface area contributed by atoms with E-state index in [1.807, 2.05) is 0 Å². The van der Waals surface area contributed by atoms with Crippen LogP contribution in [0.25, 0.3) is 0 Å². The van der Waals surface area contributed by atoms with Gasteiger partial charge in [0.05, 0.1) is 12.5 Å². The van der Waals surface area contributed by atoms with Crippen molar-refractivity contribution in [1.29, 1.82) is 0 Å². The Balaban J connectivity index is 1.55. The average molecular weight is 292 g/mol. The van der Waals surface area contributed by atoms with Crippen LogP contribution in [0, 0.1) is 5.92 Å². The highest BCUT2D eigenvalue weighted by Gasteiger charge is 2.32. The van der Waals surface area contributed by atoms with Crippen LogP contribution in [0.1, 0.15) is 54.8 Å². The molecular weight excluding hydrogens is 272 g/mol. The van der Waals surface area contributed by atoms with Crippen molar-refractivity contribution >= 4 is 11.9 Å². The van der Waals surface area contributed by atoms with Gasteiger partial charge in [-0.2, -0.15) is 0 Å². The molecular formula is C15H20N2O4. The van der Waals surface area contributed by atoms with Crippen molar-refractivity contribution in [2.24, 2.45) is 5.92 Å². The Labute approximate surface area is 123 Å². The number of carbonyl (C=O) groups excluding carboxylic acids is 2. The Morgan fingerprint density at radius 2 is 2.05 bits per heavy atom. The Kier molecular flexibility index (Phi) is 3.94. The average Bonchev–Trinajstić information content (AvgIpc) is 3.24. The molecule has 6 heteroatoms. The molecule has 6 nitrogen and oxygen atoms in total. The number of ether oxygens (including phenoxy) is 1. The summed E-state index contributed by atoms with van der Waals surface area (Å²) < 4.78 is 10.2. The van der Waals surface area contributed by atoms with E-state index < -0.39 is 0 Å². The van der Waals surface area contributed by atoms with Crippen LogP contribution in [-0.2, 0) is 9.53 Å². The lowest BCUT2D eigenvalue weighted by atomic mass is 9.97. The van der Waals surface area contributed by atoms with E-state index in [9.17, 15) is 9.59 Å². The van der Waals surface area contributed by atoms with Gasteiger partial charge in [0.15, 0.2) is 5.69 Å². The van der Waals surface area contributed by atoms with Gasteiger partial charge in [-0.05, 0) is 32.6 Å². The highest BCUT2D eigenvalue weighted by Crippen LogP contribution is 2.40. The molecule has 1 aromatic rings. The fourth-order valence-corrected chi connectivity index (χ4v) is 2.69. The Morgan fingerprint density at radius 1 is 1.33 bits per heavy atom. The number of esters is 1. The largest absolute Gasteiger partial charge is 0.466 e. The van der Waals surface area contributed by atoms with E-state index in [0.29, 0.717) is 44.1 Å². The third-order valence-corrected chi connectivity index (χ3v) is 4.13. The van der Waals surface area contributed by atoms with Gasteiger partial charge in [-0.15, -0.1) is 0 Å². The molecule has 0 spiro atoms. The molecule has 2 heterocycles. The molecule has 1 aliphatic carbocycles. The van der Waals surface area contributed by atoms with Gasteiger partial charge in [-0.3, -0.25) is 9.59 Å². The van der Waals surface area contributed by atoms with Gasteiger partial charge in [0, 0.05) is 25.1 Å². The van der Waals surface area contributed by atoms with Gasteiger partial charge in [0.2, 0.25) is 0 Å². The minimum absolute atomic E-state index is 0.0895. The molecule has 1 aliphatic heterocycles. The van der Waals surface area contributed by atoms with Crippen molar-refractivity contribution in [2.45, 2.75) is 38.5 Å². The van der Waals surface area contributed by atoms with Gasteiger partial charge in [-0.25, -0.2) is 0 Å². The summed E-state index contributed by atoms with van der Waals surface area (Å²) in [5.74, 6) is 0.928. The minimum Gasteiger partial charge on any atom is -0.466 e. The zero-order valence-electron chi connectivity index (χ0n) is 12.2. The van der Waals surface area contributed by atoms with Crippen molar-refractivity contribution in [3.05, 3.63) is 17.5 Å². The van der Waals surface area contributed by atoms with Gasteiger partial charge in [-0.1, -0.05) is 5.16 Å². The third-order valence-electron chi connectivity index (χ3n) is 4.13. The van der Waals surface area contributed by atoms with E-state index in [1.54, 1.807) is 17.9 Å².